The van der Waals surface area contributed by atoms with Crippen LogP contribution in [0.5, 0.6) is 0 Å². The van der Waals surface area contributed by atoms with Crippen molar-refractivity contribution in [2.24, 2.45) is 0 Å². The first kappa shape index (κ1) is 16.1. The van der Waals surface area contributed by atoms with Crippen molar-refractivity contribution < 1.29 is 0 Å². The lowest BCUT2D eigenvalue weighted by atomic mass is 9.97. The molecule has 1 aliphatic carbocycles. The minimum absolute atomic E-state index is 0.808. The molecule has 0 spiro atoms. The molecular weight excluding hydrogens is 314 g/mol. The van der Waals surface area contributed by atoms with Crippen molar-refractivity contribution in [1.82, 2.24) is 20.2 Å². The van der Waals surface area contributed by atoms with Gasteiger partial charge >= 0.3 is 0 Å². The van der Waals surface area contributed by atoms with Crippen molar-refractivity contribution in [2.45, 2.75) is 25.7 Å². The van der Waals surface area contributed by atoms with E-state index in [9.17, 15) is 0 Å². The number of rotatable bonds is 3. The Kier molecular flexibility index (Phi) is 4.38. The van der Waals surface area contributed by atoms with Crippen molar-refractivity contribution in [2.75, 3.05) is 55.0 Å². The smallest absolute Gasteiger partial charge is 0.227 e. The molecular formula is C18H25N7. The molecule has 1 fully saturated rings. The van der Waals surface area contributed by atoms with E-state index in [0.29, 0.717) is 0 Å². The lowest BCUT2D eigenvalue weighted by Gasteiger charge is -2.35. The number of anilines is 3. The van der Waals surface area contributed by atoms with Gasteiger partial charge in [0, 0.05) is 46.5 Å². The van der Waals surface area contributed by atoms with Gasteiger partial charge in [0.2, 0.25) is 5.95 Å². The predicted molar refractivity (Wildman–Crippen MR) is 99.5 cm³/mol. The van der Waals surface area contributed by atoms with Crippen LogP contribution in [0.3, 0.4) is 0 Å². The van der Waals surface area contributed by atoms with E-state index in [-0.39, 0.29) is 0 Å². The van der Waals surface area contributed by atoms with Crippen LogP contribution >= 0.6 is 0 Å². The largest absolute Gasteiger partial charge is 0.363 e. The molecule has 2 aromatic rings. The molecule has 25 heavy (non-hydrogen) atoms. The van der Waals surface area contributed by atoms with Crippen LogP contribution in [0, 0.1) is 0 Å². The van der Waals surface area contributed by atoms with E-state index in [1.807, 2.05) is 31.3 Å². The predicted octanol–water partition coefficient (Wildman–Crippen LogP) is 1.54. The van der Waals surface area contributed by atoms with Crippen molar-refractivity contribution in [3.8, 4) is 0 Å². The second-order valence-corrected chi connectivity index (χ2v) is 6.96. The second-order valence-electron chi connectivity index (χ2n) is 6.96. The summed E-state index contributed by atoms with van der Waals surface area (Å²) < 4.78 is 0. The first-order valence-electron chi connectivity index (χ1n) is 9.06. The van der Waals surface area contributed by atoms with E-state index in [4.69, 9.17) is 0 Å². The molecule has 0 aromatic carbocycles. The van der Waals surface area contributed by atoms with Gasteiger partial charge in [-0.1, -0.05) is 0 Å². The van der Waals surface area contributed by atoms with Crippen molar-refractivity contribution >= 4 is 17.6 Å². The zero-order chi connectivity index (χ0) is 17.2. The Hall–Kier alpha value is -2.44. The van der Waals surface area contributed by atoms with E-state index in [1.54, 1.807) is 0 Å². The highest BCUT2D eigenvalue weighted by molar-refractivity contribution is 5.46. The van der Waals surface area contributed by atoms with E-state index in [0.717, 1.165) is 56.6 Å². The van der Waals surface area contributed by atoms with Gasteiger partial charge in [0.25, 0.3) is 0 Å². The summed E-state index contributed by atoms with van der Waals surface area (Å²) in [7, 11) is 4.00. The van der Waals surface area contributed by atoms with Gasteiger partial charge in [-0.2, -0.15) is 10.1 Å². The first-order chi connectivity index (χ1) is 12.2. The number of hydrogen-bond donors (Lipinski definition) is 0. The summed E-state index contributed by atoms with van der Waals surface area (Å²) in [6.07, 6.45) is 6.56. The molecule has 0 radical (unpaired) electrons. The number of fused-ring (bicyclic) bond motifs is 1. The molecule has 0 bridgehead atoms. The van der Waals surface area contributed by atoms with Crippen LogP contribution in [0.25, 0.3) is 0 Å². The average Bonchev–Trinajstić information content (AvgIpc) is 2.68. The Morgan fingerprint density at radius 1 is 0.960 bits per heavy atom. The molecule has 0 atom stereocenters. The van der Waals surface area contributed by atoms with Crippen LogP contribution in [0.2, 0.25) is 0 Å². The normalized spacial score (nSPS) is 17.4. The molecule has 1 saturated heterocycles. The van der Waals surface area contributed by atoms with Gasteiger partial charge in [-0.25, -0.2) is 4.98 Å². The zero-order valence-corrected chi connectivity index (χ0v) is 15.0. The highest BCUT2D eigenvalue weighted by Gasteiger charge is 2.22. The molecule has 3 heterocycles. The van der Waals surface area contributed by atoms with E-state index in [1.165, 1.54) is 24.1 Å². The summed E-state index contributed by atoms with van der Waals surface area (Å²) >= 11 is 0. The number of aromatic nitrogens is 4. The van der Waals surface area contributed by atoms with E-state index < -0.39 is 0 Å². The third kappa shape index (κ3) is 3.36. The van der Waals surface area contributed by atoms with E-state index >= 15 is 0 Å². The quantitative estimate of drug-likeness (QED) is 0.840. The maximum Gasteiger partial charge on any atom is 0.227 e. The third-order valence-electron chi connectivity index (χ3n) is 5.03. The molecule has 132 valence electrons. The lowest BCUT2D eigenvalue weighted by Crippen LogP contribution is -2.47. The molecule has 7 nitrogen and oxygen atoms in total. The van der Waals surface area contributed by atoms with Crippen LogP contribution < -0.4 is 14.7 Å². The van der Waals surface area contributed by atoms with Gasteiger partial charge in [0.05, 0.1) is 5.69 Å². The van der Waals surface area contributed by atoms with Crippen LogP contribution in [0.4, 0.5) is 17.6 Å². The molecule has 2 aliphatic rings. The molecule has 0 unspecified atom stereocenters. The van der Waals surface area contributed by atoms with Crippen molar-refractivity contribution in [3.05, 3.63) is 29.6 Å². The fourth-order valence-electron chi connectivity index (χ4n) is 3.51. The lowest BCUT2D eigenvalue weighted by molar-refractivity contribution is 0.619. The highest BCUT2D eigenvalue weighted by atomic mass is 15.4. The van der Waals surface area contributed by atoms with E-state index in [2.05, 4.69) is 36.0 Å². The highest BCUT2D eigenvalue weighted by Crippen LogP contribution is 2.23. The maximum atomic E-state index is 4.65. The molecule has 4 rings (SSSR count). The number of hydrogen-bond acceptors (Lipinski definition) is 7. The maximum absolute atomic E-state index is 4.65. The van der Waals surface area contributed by atoms with Gasteiger partial charge in [0.1, 0.15) is 5.82 Å². The van der Waals surface area contributed by atoms with Gasteiger partial charge < -0.3 is 14.7 Å². The fourth-order valence-corrected chi connectivity index (χ4v) is 3.51. The molecule has 1 aliphatic heterocycles. The molecule has 2 aromatic heterocycles. The molecule has 7 heteroatoms. The Bertz CT molecular complexity index is 738. The summed E-state index contributed by atoms with van der Waals surface area (Å²) in [5, 5.41) is 8.94. The Morgan fingerprint density at radius 2 is 1.72 bits per heavy atom. The number of piperazine rings is 1. The van der Waals surface area contributed by atoms with Crippen LogP contribution in [-0.2, 0) is 12.8 Å². The van der Waals surface area contributed by atoms with Gasteiger partial charge in [-0.05, 0) is 43.4 Å². The summed E-state index contributed by atoms with van der Waals surface area (Å²) in [4.78, 5) is 15.7. The summed E-state index contributed by atoms with van der Waals surface area (Å²) in [6.45, 7) is 3.64. The van der Waals surface area contributed by atoms with Crippen LogP contribution in [0.1, 0.15) is 24.1 Å². The summed E-state index contributed by atoms with van der Waals surface area (Å²) in [6, 6.07) is 4.18. The summed E-state index contributed by atoms with van der Waals surface area (Å²) in [5.74, 6) is 2.76. The average molecular weight is 339 g/mol. The van der Waals surface area contributed by atoms with Crippen molar-refractivity contribution in [3.63, 3.8) is 0 Å². The second kappa shape index (κ2) is 6.82. The molecule has 0 N–H and O–H groups in total. The molecule has 0 amide bonds. The minimum atomic E-state index is 0.808. The Labute approximate surface area is 148 Å². The summed E-state index contributed by atoms with van der Waals surface area (Å²) in [5.41, 5.74) is 2.59. The van der Waals surface area contributed by atoms with Gasteiger partial charge in [0.15, 0.2) is 5.82 Å². The Morgan fingerprint density at radius 3 is 2.52 bits per heavy atom. The SMILES string of the molecule is CN(C)c1ccnc(N2CCN(c3cc4c(nn3)CCCC4)CC2)n1. The third-order valence-corrected chi connectivity index (χ3v) is 5.03. The van der Waals surface area contributed by atoms with Gasteiger partial charge in [-0.15, -0.1) is 5.10 Å². The van der Waals surface area contributed by atoms with Crippen molar-refractivity contribution in [1.29, 1.82) is 0 Å². The number of aryl methyl sites for hydroxylation is 2. The standard InChI is InChI=1S/C18H25N7/c1-23(2)16-7-8-19-18(20-16)25-11-9-24(10-12-25)17-13-14-5-3-4-6-15(14)21-22-17/h7-8,13H,3-6,9-12H2,1-2H3. The van der Waals surface area contributed by atoms with Crippen LogP contribution in [0.15, 0.2) is 18.3 Å². The first-order valence-corrected chi connectivity index (χ1v) is 9.06. The number of nitrogens with zero attached hydrogens (tertiary/aromatic N) is 7. The minimum Gasteiger partial charge on any atom is -0.363 e. The monoisotopic (exact) mass is 339 g/mol. The Balaban J connectivity index is 1.44. The zero-order valence-electron chi connectivity index (χ0n) is 15.0. The molecule has 0 saturated carbocycles. The topological polar surface area (TPSA) is 61.3 Å². The van der Waals surface area contributed by atoms with Crippen LogP contribution in [-0.4, -0.2) is 60.4 Å². The van der Waals surface area contributed by atoms with Gasteiger partial charge in [-0.3, -0.25) is 0 Å². The fraction of sp³-hybridized carbons (Fsp3) is 0.556.